The minimum absolute atomic E-state index is 0. The molecule has 0 spiro atoms. The second kappa shape index (κ2) is 20.1. The molecule has 11 heteroatoms. The first-order valence-electron chi connectivity index (χ1n) is 18.1. The van der Waals surface area contributed by atoms with Crippen LogP contribution in [0.3, 0.4) is 0 Å². The molecule has 0 saturated heterocycles. The molecule has 0 aromatic carbocycles. The predicted octanol–water partition coefficient (Wildman–Crippen LogP) is 12.8. The van der Waals surface area contributed by atoms with Crippen molar-refractivity contribution in [3.63, 3.8) is 0 Å². The molecule has 0 radical (unpaired) electrons. The summed E-state index contributed by atoms with van der Waals surface area (Å²) < 4.78 is 79.9. The first-order chi connectivity index (χ1) is 21.9. The lowest BCUT2D eigenvalue weighted by Gasteiger charge is -2.44. The zero-order chi connectivity index (χ0) is 40.2. The van der Waals surface area contributed by atoms with E-state index in [4.69, 9.17) is 0 Å². The molecule has 5 nitrogen and oxygen atoms in total. The minimum atomic E-state index is -4.88. The molecule has 0 aromatic rings. The van der Waals surface area contributed by atoms with Crippen molar-refractivity contribution >= 4 is 17.3 Å². The lowest BCUT2D eigenvalue weighted by Crippen LogP contribution is -2.47. The molecule has 4 atom stereocenters. The molecule has 0 aliphatic carbocycles. The van der Waals surface area contributed by atoms with Gasteiger partial charge in [-0.25, -0.2) is 0 Å². The molecule has 0 aliphatic rings. The van der Waals surface area contributed by atoms with Gasteiger partial charge in [-0.1, -0.05) is 105 Å². The summed E-state index contributed by atoms with van der Waals surface area (Å²) >= 11 is 0. The zero-order valence-electron chi connectivity index (χ0n) is 33.7. The average molecular weight is 778 g/mol. The van der Waals surface area contributed by atoms with Crippen LogP contribution >= 0.6 is 0 Å². The van der Waals surface area contributed by atoms with E-state index in [0.29, 0.717) is 6.92 Å². The van der Waals surface area contributed by atoms with Crippen LogP contribution < -0.4 is 5.32 Å². The standard InChI is InChI=1S/C39H69F6NO4.3CH4/c1-16-35(13,29(48)20-27(19-26(2)3)21-37(15,50)39(43,44)45)24-36(14,28(47)17-18-34(11,12)46-25-38(40,41)42)23-32(7,8)30(49)22-33(9,10)31(4,5)6;;;/h26-27,46,50H,16-25H2,1-15H3;3*1H4. The molecule has 0 heterocycles. The first kappa shape index (κ1) is 58.2. The number of ketones is 3. The first-order valence-corrected chi connectivity index (χ1v) is 18.1. The van der Waals surface area contributed by atoms with Gasteiger partial charge in [0.2, 0.25) is 0 Å². The zero-order valence-corrected chi connectivity index (χ0v) is 33.7. The third-order valence-electron chi connectivity index (χ3n) is 11.4. The molecule has 53 heavy (non-hydrogen) atoms. The number of carbonyl (C=O) groups is 3. The molecule has 0 aromatic heterocycles. The van der Waals surface area contributed by atoms with E-state index in [0.717, 1.165) is 0 Å². The van der Waals surface area contributed by atoms with Crippen molar-refractivity contribution < 1.29 is 45.8 Å². The third kappa shape index (κ3) is 18.3. The quantitative estimate of drug-likeness (QED) is 0.113. The summed E-state index contributed by atoms with van der Waals surface area (Å²) in [4.78, 5) is 42.4. The van der Waals surface area contributed by atoms with Gasteiger partial charge in [0, 0.05) is 41.0 Å². The van der Waals surface area contributed by atoms with Crippen LogP contribution in [0.25, 0.3) is 0 Å². The normalized spacial score (nSPS) is 17.3. The molecule has 0 aliphatic heterocycles. The van der Waals surface area contributed by atoms with Gasteiger partial charge in [0.25, 0.3) is 0 Å². The highest BCUT2D eigenvalue weighted by molar-refractivity contribution is 5.90. The molecule has 0 bridgehead atoms. The summed E-state index contributed by atoms with van der Waals surface area (Å²) in [6, 6.07) is 0. The number of Topliss-reactive ketones (excluding diaryl/α,β-unsaturated/α-hetero) is 3. The van der Waals surface area contributed by atoms with Crippen LogP contribution in [0.4, 0.5) is 26.3 Å². The van der Waals surface area contributed by atoms with Gasteiger partial charge in [-0.05, 0) is 82.0 Å². The average Bonchev–Trinajstić information content (AvgIpc) is 2.87. The fourth-order valence-electron chi connectivity index (χ4n) is 6.77. The maximum absolute atomic E-state index is 14.3. The Morgan fingerprint density at radius 3 is 1.55 bits per heavy atom. The van der Waals surface area contributed by atoms with Crippen molar-refractivity contribution in [1.82, 2.24) is 5.32 Å². The van der Waals surface area contributed by atoms with Gasteiger partial charge >= 0.3 is 12.4 Å². The van der Waals surface area contributed by atoms with E-state index < -0.39 is 58.6 Å². The maximum Gasteiger partial charge on any atom is 0.416 e. The van der Waals surface area contributed by atoms with Crippen molar-refractivity contribution in [2.75, 3.05) is 6.54 Å². The third-order valence-corrected chi connectivity index (χ3v) is 11.4. The van der Waals surface area contributed by atoms with E-state index in [1.165, 1.54) is 0 Å². The molecule has 320 valence electrons. The molecule has 4 unspecified atom stereocenters. The number of carbonyl (C=O) groups excluding carboxylic acids is 3. The molecule has 0 rings (SSSR count). The fraction of sp³-hybridized carbons (Fsp3) is 0.929. The van der Waals surface area contributed by atoms with E-state index in [1.54, 1.807) is 48.5 Å². The van der Waals surface area contributed by atoms with E-state index in [-0.39, 0.29) is 108 Å². The summed E-state index contributed by atoms with van der Waals surface area (Å²) in [7, 11) is 0. The molecule has 0 saturated carbocycles. The van der Waals surface area contributed by atoms with Crippen molar-refractivity contribution in [2.45, 2.75) is 207 Å². The van der Waals surface area contributed by atoms with Gasteiger partial charge in [0.05, 0.1) is 6.54 Å². The number of alkyl halides is 6. The Hall–Kier alpha value is -1.49. The SMILES string of the molecule is C.C.C.CCC(C)(CC(C)(CC(C)(C)C(=O)CC(C)(C)C(C)(C)C)C(=O)CCC(C)(C)NCC(F)(F)F)C(=O)CC(CC(C)C)CC(C)(O)C(F)(F)F. The Balaban J connectivity index is -0.00000400. The lowest BCUT2D eigenvalue weighted by atomic mass is 9.58. The van der Waals surface area contributed by atoms with Crippen LogP contribution in [0.2, 0.25) is 0 Å². The summed E-state index contributed by atoms with van der Waals surface area (Å²) in [6.45, 7) is 25.2. The van der Waals surface area contributed by atoms with Crippen LogP contribution in [0.5, 0.6) is 0 Å². The number of nitrogens with one attached hydrogen (secondary N) is 1. The summed E-state index contributed by atoms with van der Waals surface area (Å²) in [5, 5.41) is 12.8. The molecule has 2 N–H and O–H groups in total. The van der Waals surface area contributed by atoms with Gasteiger partial charge in [-0.2, -0.15) is 26.3 Å². The highest BCUT2D eigenvalue weighted by Gasteiger charge is 2.52. The highest BCUT2D eigenvalue weighted by atomic mass is 19.4. The molecular weight excluding hydrogens is 696 g/mol. The molecule has 0 amide bonds. The number of aliphatic hydroxyl groups is 1. The van der Waals surface area contributed by atoms with Crippen LogP contribution in [-0.4, -0.2) is 52.5 Å². The van der Waals surface area contributed by atoms with Gasteiger partial charge in [0.15, 0.2) is 5.60 Å². The van der Waals surface area contributed by atoms with Crippen molar-refractivity contribution in [3.8, 4) is 0 Å². The monoisotopic (exact) mass is 778 g/mol. The Kier molecular flexibility index (Phi) is 22.1. The van der Waals surface area contributed by atoms with Gasteiger partial charge in [0.1, 0.15) is 17.3 Å². The van der Waals surface area contributed by atoms with Crippen molar-refractivity contribution in [2.24, 2.45) is 38.9 Å². The Bertz CT molecular complexity index is 1150. The van der Waals surface area contributed by atoms with Crippen LogP contribution in [0.1, 0.15) is 184 Å². The summed E-state index contributed by atoms with van der Waals surface area (Å²) in [5.41, 5.74) is -8.07. The van der Waals surface area contributed by atoms with Gasteiger partial charge in [-0.3, -0.25) is 14.4 Å². The van der Waals surface area contributed by atoms with E-state index in [9.17, 15) is 45.8 Å². The predicted molar refractivity (Wildman–Crippen MR) is 209 cm³/mol. The Labute approximate surface area is 321 Å². The van der Waals surface area contributed by atoms with Crippen LogP contribution in [0.15, 0.2) is 0 Å². The maximum atomic E-state index is 14.3. The van der Waals surface area contributed by atoms with E-state index >= 15 is 0 Å². The van der Waals surface area contributed by atoms with Crippen LogP contribution in [-0.2, 0) is 14.4 Å². The largest absolute Gasteiger partial charge is 0.416 e. The van der Waals surface area contributed by atoms with Crippen LogP contribution in [0, 0.1) is 38.9 Å². The lowest BCUT2D eigenvalue weighted by molar-refractivity contribution is -0.259. The van der Waals surface area contributed by atoms with Gasteiger partial charge < -0.3 is 10.4 Å². The van der Waals surface area contributed by atoms with Crippen molar-refractivity contribution in [1.29, 1.82) is 0 Å². The summed E-state index contributed by atoms with van der Waals surface area (Å²) in [5.74, 6) is -1.49. The topological polar surface area (TPSA) is 83.5 Å². The molecule has 0 fully saturated rings. The number of hydrogen-bond donors (Lipinski definition) is 2. The minimum Gasteiger partial charge on any atom is -0.381 e. The number of halogens is 6. The summed E-state index contributed by atoms with van der Waals surface area (Å²) in [6.07, 6.45) is -9.37. The second-order valence-corrected chi connectivity index (χ2v) is 19.3. The van der Waals surface area contributed by atoms with Crippen molar-refractivity contribution in [3.05, 3.63) is 0 Å². The number of rotatable bonds is 21. The Morgan fingerprint density at radius 1 is 0.698 bits per heavy atom. The van der Waals surface area contributed by atoms with E-state index in [2.05, 4.69) is 26.1 Å². The number of hydrogen-bond acceptors (Lipinski definition) is 5. The molecular formula is C42H81F6NO4. The van der Waals surface area contributed by atoms with E-state index in [1.807, 2.05) is 27.7 Å². The second-order valence-electron chi connectivity index (χ2n) is 19.3. The smallest absolute Gasteiger partial charge is 0.381 e. The highest BCUT2D eigenvalue weighted by Crippen LogP contribution is 2.50. The Morgan fingerprint density at radius 2 is 1.17 bits per heavy atom. The van der Waals surface area contributed by atoms with Gasteiger partial charge in [-0.15, -0.1) is 0 Å². The fourth-order valence-corrected chi connectivity index (χ4v) is 6.77.